The second-order valence-corrected chi connectivity index (χ2v) is 6.43. The minimum Gasteiger partial charge on any atom is -0.484 e. The Bertz CT molecular complexity index is 766. The van der Waals surface area contributed by atoms with Gasteiger partial charge in [-0.1, -0.05) is 42.5 Å². The van der Waals surface area contributed by atoms with E-state index in [0.717, 1.165) is 11.5 Å². The van der Waals surface area contributed by atoms with E-state index in [-0.39, 0.29) is 42.5 Å². The van der Waals surface area contributed by atoms with Crippen LogP contribution >= 0.6 is 24.0 Å². The van der Waals surface area contributed by atoms with E-state index in [0.29, 0.717) is 12.3 Å². The molecular formula is C21H29IN4O2. The Morgan fingerprint density at radius 1 is 1.14 bits per heavy atom. The summed E-state index contributed by atoms with van der Waals surface area (Å²) in [6.07, 6.45) is 0. The van der Waals surface area contributed by atoms with Crippen molar-refractivity contribution in [1.82, 2.24) is 15.5 Å². The molecule has 1 atom stereocenters. The predicted molar refractivity (Wildman–Crippen MR) is 124 cm³/mol. The van der Waals surface area contributed by atoms with Gasteiger partial charge in [0.1, 0.15) is 5.75 Å². The van der Waals surface area contributed by atoms with Crippen molar-refractivity contribution in [2.45, 2.75) is 19.5 Å². The van der Waals surface area contributed by atoms with Gasteiger partial charge >= 0.3 is 0 Å². The molecule has 1 amide bonds. The van der Waals surface area contributed by atoms with Crippen molar-refractivity contribution < 1.29 is 9.53 Å². The predicted octanol–water partition coefficient (Wildman–Crippen LogP) is 3.20. The van der Waals surface area contributed by atoms with Crippen molar-refractivity contribution in [2.24, 2.45) is 4.99 Å². The highest BCUT2D eigenvalue weighted by molar-refractivity contribution is 14.0. The zero-order valence-electron chi connectivity index (χ0n) is 16.8. The van der Waals surface area contributed by atoms with Crippen LogP contribution in [-0.4, -0.2) is 44.5 Å². The van der Waals surface area contributed by atoms with E-state index in [1.54, 1.807) is 21.1 Å². The SMILES string of the molecule is CN=C(NCc1cccc(OCC(=O)N(C)C)c1)NC(C)c1ccccc1.I. The van der Waals surface area contributed by atoms with Gasteiger partial charge in [-0.2, -0.15) is 0 Å². The topological polar surface area (TPSA) is 66.0 Å². The summed E-state index contributed by atoms with van der Waals surface area (Å²) in [5.74, 6) is 1.32. The Labute approximate surface area is 184 Å². The van der Waals surface area contributed by atoms with Crippen molar-refractivity contribution in [2.75, 3.05) is 27.7 Å². The molecule has 2 aromatic carbocycles. The van der Waals surface area contributed by atoms with Crippen LogP contribution in [0.5, 0.6) is 5.75 Å². The summed E-state index contributed by atoms with van der Waals surface area (Å²) < 4.78 is 5.56. The Hall–Kier alpha value is -2.29. The molecule has 0 aliphatic heterocycles. The standard InChI is InChI=1S/C21H28N4O2.HI/c1-16(18-10-6-5-7-11-18)24-21(22-2)23-14-17-9-8-12-19(13-17)27-15-20(26)25(3)4;/h5-13,16H,14-15H2,1-4H3,(H2,22,23,24);1H. The van der Waals surface area contributed by atoms with Gasteiger partial charge in [0.05, 0.1) is 6.04 Å². The molecule has 0 aliphatic carbocycles. The molecule has 1 unspecified atom stereocenters. The van der Waals surface area contributed by atoms with Crippen LogP contribution in [0.25, 0.3) is 0 Å². The molecule has 7 heteroatoms. The molecule has 0 bridgehead atoms. The van der Waals surface area contributed by atoms with Gasteiger partial charge in [-0.25, -0.2) is 0 Å². The third-order valence-electron chi connectivity index (χ3n) is 4.10. The maximum absolute atomic E-state index is 11.6. The Balaban J connectivity index is 0.00000392. The number of guanidine groups is 1. The summed E-state index contributed by atoms with van der Waals surface area (Å²) in [6, 6.07) is 18.0. The van der Waals surface area contributed by atoms with Crippen molar-refractivity contribution in [1.29, 1.82) is 0 Å². The molecule has 2 rings (SSSR count). The number of halogens is 1. The number of hydrogen-bond acceptors (Lipinski definition) is 3. The minimum atomic E-state index is -0.0713. The summed E-state index contributed by atoms with van der Waals surface area (Å²) in [5.41, 5.74) is 2.24. The lowest BCUT2D eigenvalue weighted by Crippen LogP contribution is -2.38. The second-order valence-electron chi connectivity index (χ2n) is 6.43. The summed E-state index contributed by atoms with van der Waals surface area (Å²) >= 11 is 0. The number of nitrogens with zero attached hydrogens (tertiary/aromatic N) is 2. The van der Waals surface area contributed by atoms with Crippen LogP contribution < -0.4 is 15.4 Å². The van der Waals surface area contributed by atoms with E-state index >= 15 is 0 Å². The number of rotatable bonds is 7. The smallest absolute Gasteiger partial charge is 0.259 e. The number of aliphatic imine (C=N–C) groups is 1. The van der Waals surface area contributed by atoms with Gasteiger partial charge in [-0.3, -0.25) is 9.79 Å². The summed E-state index contributed by atoms with van der Waals surface area (Å²) in [7, 11) is 5.17. The van der Waals surface area contributed by atoms with Gasteiger partial charge in [-0.05, 0) is 30.2 Å². The van der Waals surface area contributed by atoms with Crippen LogP contribution in [0.1, 0.15) is 24.1 Å². The Kier molecular flexibility index (Phi) is 10.4. The number of carbonyl (C=O) groups excluding carboxylic acids is 1. The first kappa shape index (κ1) is 23.7. The molecule has 0 saturated heterocycles. The van der Waals surface area contributed by atoms with Crippen LogP contribution in [0.15, 0.2) is 59.6 Å². The average molecular weight is 496 g/mol. The number of benzene rings is 2. The van der Waals surface area contributed by atoms with Crippen molar-refractivity contribution in [3.05, 3.63) is 65.7 Å². The minimum absolute atomic E-state index is 0. The molecule has 0 radical (unpaired) electrons. The van der Waals surface area contributed by atoms with Gasteiger partial charge in [0.15, 0.2) is 12.6 Å². The van der Waals surface area contributed by atoms with E-state index in [1.165, 1.54) is 10.5 Å². The van der Waals surface area contributed by atoms with Crippen LogP contribution in [0.2, 0.25) is 0 Å². The monoisotopic (exact) mass is 496 g/mol. The largest absolute Gasteiger partial charge is 0.484 e. The van der Waals surface area contributed by atoms with E-state index in [2.05, 4.69) is 34.7 Å². The fourth-order valence-electron chi connectivity index (χ4n) is 2.43. The van der Waals surface area contributed by atoms with Crippen LogP contribution in [0.4, 0.5) is 0 Å². The number of amides is 1. The third-order valence-corrected chi connectivity index (χ3v) is 4.10. The molecule has 2 N–H and O–H groups in total. The van der Waals surface area contributed by atoms with Crippen molar-refractivity contribution in [3.8, 4) is 5.75 Å². The van der Waals surface area contributed by atoms with Gasteiger partial charge in [-0.15, -0.1) is 24.0 Å². The normalized spacial score (nSPS) is 11.8. The fraction of sp³-hybridized carbons (Fsp3) is 0.333. The molecule has 0 saturated carbocycles. The maximum atomic E-state index is 11.6. The highest BCUT2D eigenvalue weighted by Crippen LogP contribution is 2.14. The van der Waals surface area contributed by atoms with E-state index < -0.39 is 0 Å². The zero-order chi connectivity index (χ0) is 19.6. The molecule has 0 aliphatic rings. The van der Waals surface area contributed by atoms with Gasteiger partial charge in [0, 0.05) is 27.7 Å². The van der Waals surface area contributed by atoms with Gasteiger partial charge < -0.3 is 20.3 Å². The number of nitrogens with one attached hydrogen (secondary N) is 2. The first-order valence-corrected chi connectivity index (χ1v) is 8.93. The van der Waals surface area contributed by atoms with Crippen LogP contribution in [0, 0.1) is 0 Å². The molecule has 0 fully saturated rings. The lowest BCUT2D eigenvalue weighted by Gasteiger charge is -2.18. The highest BCUT2D eigenvalue weighted by Gasteiger charge is 2.08. The fourth-order valence-corrected chi connectivity index (χ4v) is 2.43. The van der Waals surface area contributed by atoms with Crippen LogP contribution in [0.3, 0.4) is 0 Å². The van der Waals surface area contributed by atoms with Crippen molar-refractivity contribution in [3.63, 3.8) is 0 Å². The number of carbonyl (C=O) groups is 1. The Morgan fingerprint density at radius 2 is 1.86 bits per heavy atom. The van der Waals surface area contributed by atoms with E-state index in [4.69, 9.17) is 4.74 Å². The quantitative estimate of drug-likeness (QED) is 0.351. The average Bonchev–Trinajstić information content (AvgIpc) is 2.70. The first-order valence-electron chi connectivity index (χ1n) is 8.93. The molecule has 0 spiro atoms. The lowest BCUT2D eigenvalue weighted by molar-refractivity contribution is -0.130. The van der Waals surface area contributed by atoms with Gasteiger partial charge in [0.2, 0.25) is 0 Å². The molecule has 152 valence electrons. The maximum Gasteiger partial charge on any atom is 0.259 e. The van der Waals surface area contributed by atoms with E-state index in [9.17, 15) is 4.79 Å². The molecule has 0 heterocycles. The molecule has 2 aromatic rings. The highest BCUT2D eigenvalue weighted by atomic mass is 127. The summed E-state index contributed by atoms with van der Waals surface area (Å²) in [6.45, 7) is 2.72. The first-order chi connectivity index (χ1) is 13.0. The van der Waals surface area contributed by atoms with Crippen LogP contribution in [-0.2, 0) is 11.3 Å². The molecule has 6 nitrogen and oxygen atoms in total. The number of hydrogen-bond donors (Lipinski definition) is 2. The molecule has 0 aromatic heterocycles. The number of likely N-dealkylation sites (N-methyl/N-ethyl adjacent to an activating group) is 1. The molecular weight excluding hydrogens is 467 g/mol. The zero-order valence-corrected chi connectivity index (χ0v) is 19.1. The van der Waals surface area contributed by atoms with E-state index in [1.807, 2.05) is 42.5 Å². The molecule has 28 heavy (non-hydrogen) atoms. The lowest BCUT2D eigenvalue weighted by atomic mass is 10.1. The third kappa shape index (κ3) is 7.75. The van der Waals surface area contributed by atoms with Gasteiger partial charge in [0.25, 0.3) is 5.91 Å². The second kappa shape index (κ2) is 12.2. The van der Waals surface area contributed by atoms with Crippen molar-refractivity contribution >= 4 is 35.8 Å². The Morgan fingerprint density at radius 3 is 2.50 bits per heavy atom. The summed E-state index contributed by atoms with van der Waals surface area (Å²) in [5, 5.41) is 6.68. The summed E-state index contributed by atoms with van der Waals surface area (Å²) in [4.78, 5) is 17.4. The number of ether oxygens (including phenoxy) is 1.